The number of carbonyl (C=O) groups excluding carboxylic acids is 1. The smallest absolute Gasteiger partial charge is 0.407 e. The number of hydrogen-bond donors (Lipinski definition) is 1. The highest BCUT2D eigenvalue weighted by atomic mass is 16.5. The Labute approximate surface area is 111 Å². The van der Waals surface area contributed by atoms with Crippen molar-refractivity contribution in [2.45, 2.75) is 58.5 Å². The molecule has 2 unspecified atom stereocenters. The molecule has 1 heterocycles. The number of unbranched alkanes of at least 4 members (excludes halogenated alkanes) is 1. The van der Waals surface area contributed by atoms with Crippen molar-refractivity contribution in [2.75, 3.05) is 20.2 Å². The summed E-state index contributed by atoms with van der Waals surface area (Å²) >= 11 is 0. The second-order valence-corrected chi connectivity index (χ2v) is 5.62. The van der Waals surface area contributed by atoms with E-state index in [9.17, 15) is 4.79 Å². The third-order valence-electron chi connectivity index (χ3n) is 3.77. The fraction of sp³-hybridized carbons (Fsp3) is 0.929. The number of alkyl carbamates (subject to hydrolysis) is 1. The lowest BCUT2D eigenvalue weighted by Crippen LogP contribution is -2.52. The van der Waals surface area contributed by atoms with Crippen molar-refractivity contribution in [3.63, 3.8) is 0 Å². The van der Waals surface area contributed by atoms with Gasteiger partial charge in [-0.2, -0.15) is 0 Å². The van der Waals surface area contributed by atoms with Gasteiger partial charge >= 0.3 is 6.09 Å². The van der Waals surface area contributed by atoms with Gasteiger partial charge in [0, 0.05) is 25.2 Å². The zero-order chi connectivity index (χ0) is 13.5. The van der Waals surface area contributed by atoms with Crippen LogP contribution in [0.4, 0.5) is 4.79 Å². The zero-order valence-corrected chi connectivity index (χ0v) is 12.2. The lowest BCUT2D eigenvalue weighted by molar-refractivity contribution is 0.0995. The van der Waals surface area contributed by atoms with E-state index in [1.54, 1.807) is 0 Å². The summed E-state index contributed by atoms with van der Waals surface area (Å²) in [5.41, 5.74) is 0. The molecule has 0 bridgehead atoms. The highest BCUT2D eigenvalue weighted by Crippen LogP contribution is 2.23. The van der Waals surface area contributed by atoms with Crippen LogP contribution < -0.4 is 5.32 Å². The Morgan fingerprint density at radius 2 is 2.17 bits per heavy atom. The van der Waals surface area contributed by atoms with Crippen LogP contribution in [0.2, 0.25) is 0 Å². The Balaban J connectivity index is 2.53. The molecule has 0 aromatic heterocycles. The number of likely N-dealkylation sites (tertiary alicyclic amines) is 1. The molecule has 0 aromatic rings. The lowest BCUT2D eigenvalue weighted by Gasteiger charge is -2.40. The number of nitrogens with zero attached hydrogens (tertiary/aromatic N) is 1. The van der Waals surface area contributed by atoms with E-state index in [4.69, 9.17) is 4.74 Å². The van der Waals surface area contributed by atoms with E-state index in [0.29, 0.717) is 12.0 Å². The third-order valence-corrected chi connectivity index (χ3v) is 3.77. The molecule has 106 valence electrons. The Hall–Kier alpha value is -0.770. The first kappa shape index (κ1) is 15.3. The van der Waals surface area contributed by atoms with Gasteiger partial charge < -0.3 is 10.1 Å². The standard InChI is InChI=1S/C14H28N2O2/c1-5-6-7-12-8-13(15-14(17)18-4)10-16(9-12)11(2)3/h11-13H,5-10H2,1-4H3,(H,15,17). The van der Waals surface area contributed by atoms with Crippen LogP contribution >= 0.6 is 0 Å². The van der Waals surface area contributed by atoms with E-state index >= 15 is 0 Å². The van der Waals surface area contributed by atoms with E-state index in [-0.39, 0.29) is 12.1 Å². The summed E-state index contributed by atoms with van der Waals surface area (Å²) in [7, 11) is 1.42. The molecule has 0 saturated carbocycles. The maximum Gasteiger partial charge on any atom is 0.407 e. The average molecular weight is 256 g/mol. The molecule has 0 aliphatic carbocycles. The minimum absolute atomic E-state index is 0.232. The van der Waals surface area contributed by atoms with Crippen molar-refractivity contribution < 1.29 is 9.53 Å². The molecule has 0 aromatic carbocycles. The molecule has 0 spiro atoms. The number of piperidine rings is 1. The van der Waals surface area contributed by atoms with Gasteiger partial charge in [-0.15, -0.1) is 0 Å². The lowest BCUT2D eigenvalue weighted by atomic mass is 9.89. The molecule has 4 nitrogen and oxygen atoms in total. The predicted molar refractivity (Wildman–Crippen MR) is 73.7 cm³/mol. The molecule has 1 aliphatic rings. The maximum absolute atomic E-state index is 11.3. The van der Waals surface area contributed by atoms with Gasteiger partial charge in [0.15, 0.2) is 0 Å². The second kappa shape index (κ2) is 7.62. The van der Waals surface area contributed by atoms with Crippen LogP contribution in [0.1, 0.15) is 46.5 Å². The van der Waals surface area contributed by atoms with Crippen LogP contribution in [0.5, 0.6) is 0 Å². The highest BCUT2D eigenvalue weighted by Gasteiger charge is 2.29. The van der Waals surface area contributed by atoms with E-state index in [0.717, 1.165) is 19.5 Å². The molecule has 2 atom stereocenters. The fourth-order valence-electron chi connectivity index (χ4n) is 2.69. The number of hydrogen-bond acceptors (Lipinski definition) is 3. The first-order valence-corrected chi connectivity index (χ1v) is 7.15. The number of carbonyl (C=O) groups is 1. The second-order valence-electron chi connectivity index (χ2n) is 5.62. The van der Waals surface area contributed by atoms with Crippen LogP contribution in [0, 0.1) is 5.92 Å². The van der Waals surface area contributed by atoms with E-state index in [1.165, 1.54) is 26.4 Å². The molecule has 4 heteroatoms. The topological polar surface area (TPSA) is 41.6 Å². The Morgan fingerprint density at radius 1 is 1.44 bits per heavy atom. The van der Waals surface area contributed by atoms with Crippen molar-refractivity contribution in [3.05, 3.63) is 0 Å². The van der Waals surface area contributed by atoms with Crippen molar-refractivity contribution in [1.82, 2.24) is 10.2 Å². The summed E-state index contributed by atoms with van der Waals surface area (Å²) in [5.74, 6) is 0.697. The zero-order valence-electron chi connectivity index (χ0n) is 12.2. The Bertz CT molecular complexity index is 256. The van der Waals surface area contributed by atoms with Crippen molar-refractivity contribution in [1.29, 1.82) is 0 Å². The largest absolute Gasteiger partial charge is 0.453 e. The van der Waals surface area contributed by atoms with Crippen LogP contribution in [0.3, 0.4) is 0 Å². The summed E-state index contributed by atoms with van der Waals surface area (Å²) in [6, 6.07) is 0.770. The molecule has 1 rings (SSSR count). The number of rotatable bonds is 5. The number of ether oxygens (including phenoxy) is 1. The molecule has 18 heavy (non-hydrogen) atoms. The Morgan fingerprint density at radius 3 is 2.72 bits per heavy atom. The maximum atomic E-state index is 11.3. The highest BCUT2D eigenvalue weighted by molar-refractivity contribution is 5.67. The van der Waals surface area contributed by atoms with Crippen LogP contribution in [0.15, 0.2) is 0 Å². The first-order valence-electron chi connectivity index (χ1n) is 7.15. The van der Waals surface area contributed by atoms with Crippen LogP contribution in [0.25, 0.3) is 0 Å². The van der Waals surface area contributed by atoms with Gasteiger partial charge in [-0.25, -0.2) is 4.79 Å². The quantitative estimate of drug-likeness (QED) is 0.822. The van der Waals surface area contributed by atoms with Gasteiger partial charge in [-0.05, 0) is 32.6 Å². The van der Waals surface area contributed by atoms with Crippen molar-refractivity contribution in [3.8, 4) is 0 Å². The van der Waals surface area contributed by atoms with Crippen LogP contribution in [-0.4, -0.2) is 43.3 Å². The molecule has 1 aliphatic heterocycles. The van der Waals surface area contributed by atoms with Gasteiger partial charge in [-0.1, -0.05) is 19.8 Å². The molecule has 1 N–H and O–H groups in total. The van der Waals surface area contributed by atoms with Gasteiger partial charge in [-0.3, -0.25) is 4.90 Å². The minimum atomic E-state index is -0.306. The first-order chi connectivity index (χ1) is 8.56. The normalized spacial score (nSPS) is 25.2. The summed E-state index contributed by atoms with van der Waals surface area (Å²) in [4.78, 5) is 13.8. The molecular formula is C14H28N2O2. The number of nitrogens with one attached hydrogen (secondary N) is 1. The average Bonchev–Trinajstić information content (AvgIpc) is 2.35. The summed E-state index contributed by atoms with van der Waals surface area (Å²) in [5, 5.41) is 2.96. The summed E-state index contributed by atoms with van der Waals surface area (Å²) in [6.45, 7) is 8.77. The minimum Gasteiger partial charge on any atom is -0.453 e. The van der Waals surface area contributed by atoms with Crippen molar-refractivity contribution >= 4 is 6.09 Å². The third kappa shape index (κ3) is 4.84. The molecule has 1 saturated heterocycles. The van der Waals surface area contributed by atoms with Gasteiger partial charge in [0.25, 0.3) is 0 Å². The monoisotopic (exact) mass is 256 g/mol. The molecule has 0 radical (unpaired) electrons. The Kier molecular flexibility index (Phi) is 6.47. The van der Waals surface area contributed by atoms with Crippen LogP contribution in [-0.2, 0) is 4.74 Å². The van der Waals surface area contributed by atoms with E-state index in [2.05, 4.69) is 31.0 Å². The van der Waals surface area contributed by atoms with E-state index < -0.39 is 0 Å². The summed E-state index contributed by atoms with van der Waals surface area (Å²) < 4.78 is 4.70. The molecule has 1 amide bonds. The van der Waals surface area contributed by atoms with Gasteiger partial charge in [0.1, 0.15) is 0 Å². The predicted octanol–water partition coefficient (Wildman–Crippen LogP) is 2.63. The van der Waals surface area contributed by atoms with E-state index in [1.807, 2.05) is 0 Å². The molecular weight excluding hydrogens is 228 g/mol. The summed E-state index contributed by atoms with van der Waals surface area (Å²) in [6.07, 6.45) is 4.56. The van der Waals surface area contributed by atoms with Gasteiger partial charge in [0.05, 0.1) is 7.11 Å². The number of methoxy groups -OCH3 is 1. The SMILES string of the molecule is CCCCC1CC(NC(=O)OC)CN(C(C)C)C1. The number of amides is 1. The fourth-order valence-corrected chi connectivity index (χ4v) is 2.69. The molecule has 1 fully saturated rings. The van der Waals surface area contributed by atoms with Gasteiger partial charge in [0.2, 0.25) is 0 Å². The van der Waals surface area contributed by atoms with Crippen molar-refractivity contribution in [2.24, 2.45) is 5.92 Å².